The van der Waals surface area contributed by atoms with Gasteiger partial charge in [-0.3, -0.25) is 14.6 Å². The van der Waals surface area contributed by atoms with Crippen molar-refractivity contribution in [3.63, 3.8) is 0 Å². The lowest BCUT2D eigenvalue weighted by atomic mass is 9.87. The number of nitrogens with zero attached hydrogens (tertiary/aromatic N) is 3. The molecule has 1 aromatic heterocycles. The molecule has 3 atom stereocenters. The first-order valence-corrected chi connectivity index (χ1v) is 9.86. The van der Waals surface area contributed by atoms with Crippen LogP contribution in [0.3, 0.4) is 0 Å². The highest BCUT2D eigenvalue weighted by Gasteiger charge is 2.67. The number of pyridine rings is 1. The standard InChI is InChI=1S/C21H27N3O2/c1-20(2,3)13-4-7-22-17(8-13)19(26)24-12-14-9-15(24)11-23(14)18(25)16-10-21(16)5-6-21/h4,7-8,14-16H,5-6,9-12H2,1-3H3/t14-,15-,16?/m0/s1. The Morgan fingerprint density at radius 3 is 2.42 bits per heavy atom. The van der Waals surface area contributed by atoms with Gasteiger partial charge in [0.1, 0.15) is 5.69 Å². The second kappa shape index (κ2) is 5.08. The van der Waals surface area contributed by atoms with E-state index in [-0.39, 0.29) is 29.3 Å². The van der Waals surface area contributed by atoms with Gasteiger partial charge in [-0.1, -0.05) is 20.8 Å². The predicted octanol–water partition coefficient (Wildman–Crippen LogP) is 2.60. The first-order chi connectivity index (χ1) is 12.3. The Morgan fingerprint density at radius 2 is 1.85 bits per heavy atom. The van der Waals surface area contributed by atoms with Gasteiger partial charge < -0.3 is 9.80 Å². The van der Waals surface area contributed by atoms with Crippen LogP contribution < -0.4 is 0 Å². The van der Waals surface area contributed by atoms with Crippen LogP contribution in [0.2, 0.25) is 0 Å². The fraction of sp³-hybridized carbons (Fsp3) is 0.667. The number of rotatable bonds is 2. The lowest BCUT2D eigenvalue weighted by Gasteiger charge is -2.34. The quantitative estimate of drug-likeness (QED) is 0.821. The molecule has 1 unspecified atom stereocenters. The normalized spacial score (nSPS) is 30.8. The first kappa shape index (κ1) is 16.3. The van der Waals surface area contributed by atoms with E-state index in [0.717, 1.165) is 18.4 Å². The number of hydrogen-bond acceptors (Lipinski definition) is 3. The topological polar surface area (TPSA) is 53.5 Å². The van der Waals surface area contributed by atoms with Gasteiger partial charge in [-0.25, -0.2) is 0 Å². The minimum atomic E-state index is -0.00572. The summed E-state index contributed by atoms with van der Waals surface area (Å²) in [4.78, 5) is 34.1. The molecule has 138 valence electrons. The van der Waals surface area contributed by atoms with Crippen molar-refractivity contribution in [1.82, 2.24) is 14.8 Å². The monoisotopic (exact) mass is 353 g/mol. The Morgan fingerprint density at radius 1 is 1.15 bits per heavy atom. The predicted molar refractivity (Wildman–Crippen MR) is 97.7 cm³/mol. The Labute approximate surface area is 154 Å². The molecule has 4 aliphatic rings. The fourth-order valence-electron chi connectivity index (χ4n) is 4.96. The molecular weight excluding hydrogens is 326 g/mol. The molecule has 2 saturated carbocycles. The van der Waals surface area contributed by atoms with Crippen LogP contribution in [0.1, 0.15) is 62.5 Å². The highest BCUT2D eigenvalue weighted by molar-refractivity contribution is 5.93. The number of hydrogen-bond donors (Lipinski definition) is 0. The Balaban J connectivity index is 1.28. The lowest BCUT2D eigenvalue weighted by molar-refractivity contribution is -0.135. The van der Waals surface area contributed by atoms with Crippen LogP contribution in [0.5, 0.6) is 0 Å². The molecule has 26 heavy (non-hydrogen) atoms. The van der Waals surface area contributed by atoms with E-state index in [1.165, 1.54) is 12.8 Å². The van der Waals surface area contributed by atoms with Crippen molar-refractivity contribution >= 4 is 11.8 Å². The first-order valence-electron chi connectivity index (χ1n) is 9.86. The van der Waals surface area contributed by atoms with Crippen molar-refractivity contribution in [3.8, 4) is 0 Å². The third-order valence-corrected chi connectivity index (χ3v) is 7.01. The highest BCUT2D eigenvalue weighted by atomic mass is 16.2. The second-order valence-electron chi connectivity index (χ2n) is 9.79. The van der Waals surface area contributed by atoms with Crippen molar-refractivity contribution in [2.45, 2.75) is 64.0 Å². The van der Waals surface area contributed by atoms with Gasteiger partial charge in [-0.15, -0.1) is 0 Å². The molecule has 5 rings (SSSR count). The van der Waals surface area contributed by atoms with Gasteiger partial charge in [-0.05, 0) is 54.2 Å². The van der Waals surface area contributed by atoms with Crippen molar-refractivity contribution in [2.24, 2.45) is 11.3 Å². The summed E-state index contributed by atoms with van der Waals surface area (Å²) in [6.45, 7) is 7.80. The number of piperazine rings is 1. The number of carbonyl (C=O) groups is 2. The molecule has 5 nitrogen and oxygen atoms in total. The van der Waals surface area contributed by atoms with Crippen LogP contribution >= 0.6 is 0 Å². The van der Waals surface area contributed by atoms with Crippen LogP contribution in [0, 0.1) is 11.3 Å². The number of likely N-dealkylation sites (tertiary alicyclic amines) is 2. The van der Waals surface area contributed by atoms with Gasteiger partial charge in [0.05, 0.1) is 12.1 Å². The van der Waals surface area contributed by atoms with Crippen molar-refractivity contribution < 1.29 is 9.59 Å². The molecule has 0 N–H and O–H groups in total. The molecule has 5 heteroatoms. The summed E-state index contributed by atoms with van der Waals surface area (Å²) in [5, 5.41) is 0. The van der Waals surface area contributed by atoms with Crippen molar-refractivity contribution in [1.29, 1.82) is 0 Å². The molecule has 4 fully saturated rings. The molecule has 3 heterocycles. The summed E-state index contributed by atoms with van der Waals surface area (Å²) in [5.74, 6) is 0.659. The third kappa shape index (κ3) is 2.39. The Bertz CT molecular complexity index is 793. The zero-order valence-electron chi connectivity index (χ0n) is 15.9. The van der Waals surface area contributed by atoms with E-state index in [1.54, 1.807) is 6.20 Å². The summed E-state index contributed by atoms with van der Waals surface area (Å²) >= 11 is 0. The minimum absolute atomic E-state index is 0.00572. The van der Waals surface area contributed by atoms with Gasteiger partial charge in [0.2, 0.25) is 5.91 Å². The summed E-state index contributed by atoms with van der Waals surface area (Å²) in [7, 11) is 0. The maximum absolute atomic E-state index is 13.0. The van der Waals surface area contributed by atoms with Gasteiger partial charge in [0.15, 0.2) is 0 Å². The Kier molecular flexibility index (Phi) is 3.18. The highest BCUT2D eigenvalue weighted by Crippen LogP contribution is 2.71. The SMILES string of the molecule is CC(C)(C)c1ccnc(C(=O)N2C[C@@H]3C[C@H]2CN3C(=O)C2CC23CC3)c1. The smallest absolute Gasteiger partial charge is 0.272 e. The van der Waals surface area contributed by atoms with E-state index in [4.69, 9.17) is 0 Å². The van der Waals surface area contributed by atoms with Crippen molar-refractivity contribution in [2.75, 3.05) is 13.1 Å². The van der Waals surface area contributed by atoms with Gasteiger partial charge in [-0.2, -0.15) is 0 Å². The summed E-state index contributed by atoms with van der Waals surface area (Å²) in [5.41, 5.74) is 2.06. The average Bonchev–Trinajstić information content (AvgIpc) is 3.46. The van der Waals surface area contributed by atoms with Gasteiger partial charge in [0, 0.05) is 25.2 Å². The minimum Gasteiger partial charge on any atom is -0.336 e. The van der Waals surface area contributed by atoms with Crippen LogP contribution in [-0.4, -0.2) is 51.8 Å². The molecular formula is C21H27N3O2. The van der Waals surface area contributed by atoms with E-state index in [1.807, 2.05) is 17.0 Å². The number of carbonyl (C=O) groups excluding carboxylic acids is 2. The Hall–Kier alpha value is -1.91. The summed E-state index contributed by atoms with van der Waals surface area (Å²) in [6, 6.07) is 4.28. The molecule has 0 aromatic carbocycles. The third-order valence-electron chi connectivity index (χ3n) is 7.01. The molecule has 1 spiro atoms. The van der Waals surface area contributed by atoms with E-state index in [0.29, 0.717) is 30.1 Å². The summed E-state index contributed by atoms with van der Waals surface area (Å²) < 4.78 is 0. The lowest BCUT2D eigenvalue weighted by Crippen LogP contribution is -2.51. The van der Waals surface area contributed by atoms with Gasteiger partial charge in [0.25, 0.3) is 5.91 Å². The van der Waals surface area contributed by atoms with Crippen molar-refractivity contribution in [3.05, 3.63) is 29.6 Å². The average molecular weight is 353 g/mol. The number of amides is 2. The number of aromatic nitrogens is 1. The molecule has 2 saturated heterocycles. The van der Waals surface area contributed by atoms with Crippen LogP contribution in [0.25, 0.3) is 0 Å². The molecule has 1 aromatic rings. The fourth-order valence-corrected chi connectivity index (χ4v) is 4.96. The largest absolute Gasteiger partial charge is 0.336 e. The maximum Gasteiger partial charge on any atom is 0.272 e. The van der Waals surface area contributed by atoms with E-state index < -0.39 is 0 Å². The summed E-state index contributed by atoms with van der Waals surface area (Å²) in [6.07, 6.45) is 6.25. The molecule has 0 radical (unpaired) electrons. The van der Waals surface area contributed by atoms with Crippen LogP contribution in [-0.2, 0) is 10.2 Å². The molecule has 2 aliphatic carbocycles. The van der Waals surface area contributed by atoms with E-state index in [9.17, 15) is 9.59 Å². The second-order valence-corrected chi connectivity index (χ2v) is 9.79. The van der Waals surface area contributed by atoms with Gasteiger partial charge >= 0.3 is 0 Å². The molecule has 2 bridgehead atoms. The zero-order valence-corrected chi connectivity index (χ0v) is 15.9. The number of fused-ring (bicyclic) bond motifs is 2. The van der Waals surface area contributed by atoms with E-state index in [2.05, 4.69) is 30.7 Å². The molecule has 2 amide bonds. The maximum atomic E-state index is 13.0. The van der Waals surface area contributed by atoms with Crippen LogP contribution in [0.15, 0.2) is 18.3 Å². The van der Waals surface area contributed by atoms with Crippen LogP contribution in [0.4, 0.5) is 0 Å². The van der Waals surface area contributed by atoms with E-state index >= 15 is 0 Å². The zero-order chi connectivity index (χ0) is 18.3. The molecule has 2 aliphatic heterocycles.